The topological polar surface area (TPSA) is 72.2 Å². The number of sulfonamides is 1. The third kappa shape index (κ3) is 5.72. The van der Waals surface area contributed by atoms with E-state index in [0.29, 0.717) is 5.92 Å². The second-order valence-electron chi connectivity index (χ2n) is 6.06. The molecule has 19 heavy (non-hydrogen) atoms. The fourth-order valence-corrected chi connectivity index (χ4v) is 2.86. The molecule has 0 amide bonds. The lowest BCUT2D eigenvalue weighted by Gasteiger charge is -2.19. The number of hydrogen-bond donors (Lipinski definition) is 2. The molecule has 0 aromatic heterocycles. The Morgan fingerprint density at radius 1 is 1.21 bits per heavy atom. The second kappa shape index (κ2) is 6.03. The zero-order valence-corrected chi connectivity index (χ0v) is 12.9. The van der Waals surface area contributed by atoms with Crippen molar-refractivity contribution in [3.8, 4) is 0 Å². The van der Waals surface area contributed by atoms with Gasteiger partial charge in [-0.15, -0.1) is 0 Å². The van der Waals surface area contributed by atoms with Gasteiger partial charge in [-0.25, -0.2) is 13.1 Å². The van der Waals surface area contributed by atoms with E-state index in [0.717, 1.165) is 12.0 Å². The van der Waals surface area contributed by atoms with Crippen LogP contribution in [-0.4, -0.2) is 20.5 Å². The zero-order valence-electron chi connectivity index (χ0n) is 12.1. The summed E-state index contributed by atoms with van der Waals surface area (Å²) in [6.07, 6.45) is 0.948. The van der Waals surface area contributed by atoms with Crippen LogP contribution in [0.15, 0.2) is 29.2 Å². The molecule has 0 saturated heterocycles. The van der Waals surface area contributed by atoms with Crippen molar-refractivity contribution < 1.29 is 8.42 Å². The molecule has 0 unspecified atom stereocenters. The van der Waals surface area contributed by atoms with Crippen molar-refractivity contribution >= 4 is 10.0 Å². The maximum absolute atomic E-state index is 12.0. The maximum atomic E-state index is 12.0. The minimum atomic E-state index is -3.47. The summed E-state index contributed by atoms with van der Waals surface area (Å²) in [5.41, 5.74) is 6.35. The SMILES string of the molecule is CC(C)Cc1ccc(S(=O)(=O)NCC(C)(C)N)cc1. The summed E-state index contributed by atoms with van der Waals surface area (Å²) in [5.74, 6) is 0.554. The molecular weight excluding hydrogens is 260 g/mol. The second-order valence-corrected chi connectivity index (χ2v) is 7.82. The summed E-state index contributed by atoms with van der Waals surface area (Å²) in [6.45, 7) is 8.04. The Labute approximate surface area is 116 Å². The highest BCUT2D eigenvalue weighted by Crippen LogP contribution is 2.13. The molecule has 3 N–H and O–H groups in total. The van der Waals surface area contributed by atoms with Crippen LogP contribution in [0.1, 0.15) is 33.3 Å². The predicted molar refractivity (Wildman–Crippen MR) is 78.4 cm³/mol. The lowest BCUT2D eigenvalue weighted by atomic mass is 10.0. The smallest absolute Gasteiger partial charge is 0.240 e. The molecule has 108 valence electrons. The third-order valence-electron chi connectivity index (χ3n) is 2.60. The highest BCUT2D eigenvalue weighted by molar-refractivity contribution is 7.89. The minimum absolute atomic E-state index is 0.211. The van der Waals surface area contributed by atoms with Gasteiger partial charge >= 0.3 is 0 Å². The Hall–Kier alpha value is -0.910. The van der Waals surface area contributed by atoms with Gasteiger partial charge in [-0.05, 0) is 43.9 Å². The Bertz CT molecular complexity index is 499. The van der Waals surface area contributed by atoms with Gasteiger partial charge in [0, 0.05) is 12.1 Å². The Balaban J connectivity index is 2.79. The van der Waals surface area contributed by atoms with Crippen molar-refractivity contribution in [3.05, 3.63) is 29.8 Å². The lowest BCUT2D eigenvalue weighted by molar-refractivity contribution is 0.498. The molecule has 0 aliphatic carbocycles. The van der Waals surface area contributed by atoms with Crippen molar-refractivity contribution in [2.24, 2.45) is 11.7 Å². The van der Waals surface area contributed by atoms with E-state index >= 15 is 0 Å². The number of benzene rings is 1. The van der Waals surface area contributed by atoms with Crippen LogP contribution in [0.25, 0.3) is 0 Å². The summed E-state index contributed by atoms with van der Waals surface area (Å²) in [7, 11) is -3.47. The van der Waals surface area contributed by atoms with Crippen molar-refractivity contribution in [3.63, 3.8) is 0 Å². The summed E-state index contributed by atoms with van der Waals surface area (Å²) in [6, 6.07) is 7.01. The predicted octanol–water partition coefficient (Wildman–Crippen LogP) is 1.90. The number of rotatable bonds is 6. The molecule has 0 bridgehead atoms. The molecule has 1 rings (SSSR count). The Morgan fingerprint density at radius 3 is 2.16 bits per heavy atom. The van der Waals surface area contributed by atoms with Crippen molar-refractivity contribution in [1.82, 2.24) is 4.72 Å². The van der Waals surface area contributed by atoms with Crippen LogP contribution >= 0.6 is 0 Å². The Kier molecular flexibility index (Phi) is 5.12. The first-order chi connectivity index (χ1) is 8.60. The van der Waals surface area contributed by atoms with Crippen LogP contribution in [0, 0.1) is 5.92 Å². The highest BCUT2D eigenvalue weighted by atomic mass is 32.2. The van der Waals surface area contributed by atoms with Crippen LogP contribution in [0.2, 0.25) is 0 Å². The number of hydrogen-bond acceptors (Lipinski definition) is 3. The van der Waals surface area contributed by atoms with Crippen LogP contribution in [0.4, 0.5) is 0 Å². The molecule has 0 atom stereocenters. The van der Waals surface area contributed by atoms with Crippen LogP contribution < -0.4 is 10.5 Å². The molecule has 0 radical (unpaired) electrons. The van der Waals surface area contributed by atoms with E-state index in [9.17, 15) is 8.42 Å². The average molecular weight is 284 g/mol. The monoisotopic (exact) mass is 284 g/mol. The van der Waals surface area contributed by atoms with Gasteiger partial charge in [-0.1, -0.05) is 26.0 Å². The molecule has 4 nitrogen and oxygen atoms in total. The molecule has 0 aliphatic heterocycles. The normalized spacial score (nSPS) is 12.9. The summed E-state index contributed by atoms with van der Waals surface area (Å²) in [5, 5.41) is 0. The van der Waals surface area contributed by atoms with Crippen LogP contribution in [-0.2, 0) is 16.4 Å². The van der Waals surface area contributed by atoms with Gasteiger partial charge < -0.3 is 5.73 Å². The lowest BCUT2D eigenvalue weighted by Crippen LogP contribution is -2.45. The maximum Gasteiger partial charge on any atom is 0.240 e. The van der Waals surface area contributed by atoms with Gasteiger partial charge in [0.1, 0.15) is 0 Å². The number of nitrogens with one attached hydrogen (secondary N) is 1. The van der Waals surface area contributed by atoms with Crippen molar-refractivity contribution in [2.75, 3.05) is 6.54 Å². The summed E-state index contributed by atoms with van der Waals surface area (Å²) < 4.78 is 26.6. The molecular formula is C14H24N2O2S. The molecule has 0 aliphatic rings. The first kappa shape index (κ1) is 16.1. The van der Waals surface area contributed by atoms with Gasteiger partial charge in [0.25, 0.3) is 0 Å². The molecule has 0 saturated carbocycles. The van der Waals surface area contributed by atoms with Crippen molar-refractivity contribution in [2.45, 2.75) is 44.6 Å². The first-order valence-corrected chi connectivity index (χ1v) is 7.96. The fraction of sp³-hybridized carbons (Fsp3) is 0.571. The van der Waals surface area contributed by atoms with E-state index in [4.69, 9.17) is 5.73 Å². The van der Waals surface area contributed by atoms with Crippen LogP contribution in [0.5, 0.6) is 0 Å². The average Bonchev–Trinajstić information content (AvgIpc) is 2.26. The van der Waals surface area contributed by atoms with Gasteiger partial charge in [0.2, 0.25) is 10.0 Å². The van der Waals surface area contributed by atoms with E-state index < -0.39 is 15.6 Å². The third-order valence-corrected chi connectivity index (χ3v) is 4.01. The van der Waals surface area contributed by atoms with E-state index in [-0.39, 0.29) is 11.4 Å². The van der Waals surface area contributed by atoms with E-state index in [1.54, 1.807) is 26.0 Å². The first-order valence-electron chi connectivity index (χ1n) is 6.48. The Morgan fingerprint density at radius 2 is 1.74 bits per heavy atom. The standard InChI is InChI=1S/C14H24N2O2S/c1-11(2)9-12-5-7-13(8-6-12)19(17,18)16-10-14(3,4)15/h5-8,11,16H,9-10,15H2,1-4H3. The highest BCUT2D eigenvalue weighted by Gasteiger charge is 2.18. The molecule has 5 heteroatoms. The minimum Gasteiger partial charge on any atom is -0.324 e. The van der Waals surface area contributed by atoms with Gasteiger partial charge in [-0.3, -0.25) is 0 Å². The van der Waals surface area contributed by atoms with E-state index in [1.807, 2.05) is 12.1 Å². The van der Waals surface area contributed by atoms with Gasteiger partial charge in [0.05, 0.1) is 4.90 Å². The largest absolute Gasteiger partial charge is 0.324 e. The van der Waals surface area contributed by atoms with E-state index in [1.165, 1.54) is 0 Å². The quantitative estimate of drug-likeness (QED) is 0.838. The van der Waals surface area contributed by atoms with E-state index in [2.05, 4.69) is 18.6 Å². The zero-order chi connectivity index (χ0) is 14.7. The fourth-order valence-electron chi connectivity index (χ4n) is 1.64. The van der Waals surface area contributed by atoms with Gasteiger partial charge in [-0.2, -0.15) is 0 Å². The summed E-state index contributed by atoms with van der Waals surface area (Å²) in [4.78, 5) is 0.282. The molecule has 1 aromatic rings. The molecule has 0 spiro atoms. The van der Waals surface area contributed by atoms with Gasteiger partial charge in [0.15, 0.2) is 0 Å². The van der Waals surface area contributed by atoms with Crippen LogP contribution in [0.3, 0.4) is 0 Å². The summed E-state index contributed by atoms with van der Waals surface area (Å²) >= 11 is 0. The molecule has 1 aromatic carbocycles. The molecule has 0 heterocycles. The number of nitrogens with two attached hydrogens (primary N) is 1. The molecule has 0 fully saturated rings. The van der Waals surface area contributed by atoms with Crippen molar-refractivity contribution in [1.29, 1.82) is 0 Å².